The Bertz CT molecular complexity index is 233. The van der Waals surface area contributed by atoms with E-state index < -0.39 is 30.5 Å². The van der Waals surface area contributed by atoms with Crippen LogP contribution in [0.1, 0.15) is 39.5 Å². The number of carbonyl (C=O) groups excluding carboxylic acids is 1. The molecule has 0 aliphatic rings. The third-order valence-corrected chi connectivity index (χ3v) is 2.90. The lowest BCUT2D eigenvalue weighted by molar-refractivity contribution is -0.144. The Morgan fingerprint density at radius 3 is 2.25 bits per heavy atom. The second-order valence-electron chi connectivity index (χ2n) is 4.02. The largest absolute Gasteiger partial charge is 0.389 e. The summed E-state index contributed by atoms with van der Waals surface area (Å²) >= 11 is 3.26. The quantitative estimate of drug-likeness (QED) is 0.749. The smallest absolute Gasteiger partial charge is 0.351 e. The van der Waals surface area contributed by atoms with Gasteiger partial charge in [-0.15, -0.1) is 0 Å². The maximum absolute atomic E-state index is 11.9. The number of halogens is 4. The summed E-state index contributed by atoms with van der Waals surface area (Å²) in [7, 11) is 0. The van der Waals surface area contributed by atoms with Gasteiger partial charge in [-0.25, -0.2) is 0 Å². The van der Waals surface area contributed by atoms with Gasteiger partial charge in [0.2, 0.25) is 5.91 Å². The van der Waals surface area contributed by atoms with E-state index in [1.54, 1.807) is 0 Å². The Balaban J connectivity index is 4.11. The topological polar surface area (TPSA) is 29.1 Å². The molecule has 0 saturated heterocycles. The van der Waals surface area contributed by atoms with Crippen LogP contribution in [-0.2, 0) is 4.79 Å². The van der Waals surface area contributed by atoms with Crippen LogP contribution in [0.4, 0.5) is 13.2 Å². The van der Waals surface area contributed by atoms with E-state index in [2.05, 4.69) is 21.2 Å². The van der Waals surface area contributed by atoms with E-state index in [1.807, 2.05) is 13.8 Å². The lowest BCUT2D eigenvalue weighted by atomic mass is 9.95. The minimum absolute atomic E-state index is 0.424. The fraction of sp³-hybridized carbons (Fsp3) is 0.900. The van der Waals surface area contributed by atoms with E-state index in [-0.39, 0.29) is 0 Å². The first-order chi connectivity index (χ1) is 7.22. The van der Waals surface area contributed by atoms with Crippen LogP contribution in [0.2, 0.25) is 0 Å². The predicted octanol–water partition coefficient (Wildman–Crippen LogP) is 3.40. The number of carbonyl (C=O) groups is 1. The summed E-state index contributed by atoms with van der Waals surface area (Å²) in [6.07, 6.45) is -4.44. The number of rotatable bonds is 6. The summed E-state index contributed by atoms with van der Waals surface area (Å²) < 4.78 is 35.7. The van der Waals surface area contributed by atoms with Gasteiger partial charge < -0.3 is 5.32 Å². The molecule has 0 radical (unpaired) electrons. The Morgan fingerprint density at radius 2 is 1.88 bits per heavy atom. The SMILES string of the molecule is CCC(C)(CCBr)NC(=O)CCC(F)(F)F. The van der Waals surface area contributed by atoms with E-state index in [0.717, 1.165) is 0 Å². The summed E-state index contributed by atoms with van der Waals surface area (Å²) in [4.78, 5) is 11.3. The van der Waals surface area contributed by atoms with Crippen LogP contribution >= 0.6 is 15.9 Å². The number of hydrogen-bond donors (Lipinski definition) is 1. The van der Waals surface area contributed by atoms with E-state index in [0.29, 0.717) is 18.2 Å². The molecule has 0 heterocycles. The number of amides is 1. The highest BCUT2D eigenvalue weighted by molar-refractivity contribution is 9.09. The van der Waals surface area contributed by atoms with Crippen LogP contribution in [0.3, 0.4) is 0 Å². The summed E-state index contributed by atoms with van der Waals surface area (Å²) in [5, 5.41) is 3.35. The predicted molar refractivity (Wildman–Crippen MR) is 60.5 cm³/mol. The van der Waals surface area contributed by atoms with Crippen LogP contribution in [0, 0.1) is 0 Å². The van der Waals surface area contributed by atoms with Crippen molar-refractivity contribution in [3.63, 3.8) is 0 Å². The standard InChI is InChI=1S/C10H17BrF3NO/c1-3-9(2,6-7-11)15-8(16)4-5-10(12,13)14/h3-7H2,1-2H3,(H,15,16). The molecule has 0 aromatic heterocycles. The molecule has 6 heteroatoms. The summed E-state index contributed by atoms with van der Waals surface area (Å²) in [6, 6.07) is 0. The highest BCUT2D eigenvalue weighted by atomic mass is 79.9. The number of hydrogen-bond acceptors (Lipinski definition) is 1. The van der Waals surface area contributed by atoms with Crippen molar-refractivity contribution in [3.8, 4) is 0 Å². The lowest BCUT2D eigenvalue weighted by Gasteiger charge is -2.29. The molecule has 0 bridgehead atoms. The van der Waals surface area contributed by atoms with Gasteiger partial charge >= 0.3 is 6.18 Å². The van der Waals surface area contributed by atoms with Gasteiger partial charge in [-0.1, -0.05) is 22.9 Å². The molecule has 0 aliphatic carbocycles. The van der Waals surface area contributed by atoms with Gasteiger partial charge in [0.1, 0.15) is 0 Å². The summed E-state index contributed by atoms with van der Waals surface area (Å²) in [6.45, 7) is 3.73. The van der Waals surface area contributed by atoms with Crippen LogP contribution in [0.5, 0.6) is 0 Å². The van der Waals surface area contributed by atoms with Crippen molar-refractivity contribution in [3.05, 3.63) is 0 Å². The highest BCUT2D eigenvalue weighted by Gasteiger charge is 2.30. The van der Waals surface area contributed by atoms with Gasteiger partial charge in [-0.05, 0) is 19.8 Å². The van der Waals surface area contributed by atoms with Crippen molar-refractivity contribution in [1.29, 1.82) is 0 Å². The number of alkyl halides is 4. The van der Waals surface area contributed by atoms with Crippen molar-refractivity contribution in [2.75, 3.05) is 5.33 Å². The Morgan fingerprint density at radius 1 is 1.31 bits per heavy atom. The fourth-order valence-corrected chi connectivity index (χ4v) is 2.07. The molecule has 0 aromatic rings. The first kappa shape index (κ1) is 15.7. The van der Waals surface area contributed by atoms with Crippen LogP contribution in [-0.4, -0.2) is 23.0 Å². The zero-order valence-corrected chi connectivity index (χ0v) is 11.0. The Hall–Kier alpha value is -0.260. The van der Waals surface area contributed by atoms with E-state index in [4.69, 9.17) is 0 Å². The molecular formula is C10H17BrF3NO. The summed E-state index contributed by atoms with van der Waals surface area (Å²) in [5.74, 6) is -0.539. The second kappa shape index (κ2) is 6.47. The average molecular weight is 304 g/mol. The molecule has 1 N–H and O–H groups in total. The summed E-state index contributed by atoms with van der Waals surface area (Å²) in [5.41, 5.74) is -0.424. The van der Waals surface area contributed by atoms with Crippen LogP contribution < -0.4 is 5.32 Å². The monoisotopic (exact) mass is 303 g/mol. The molecule has 2 nitrogen and oxygen atoms in total. The molecule has 0 aliphatic heterocycles. The van der Waals surface area contributed by atoms with Crippen molar-refractivity contribution >= 4 is 21.8 Å². The van der Waals surface area contributed by atoms with Gasteiger partial charge in [0, 0.05) is 17.3 Å². The minimum atomic E-state index is -4.27. The van der Waals surface area contributed by atoms with Gasteiger partial charge in [0.15, 0.2) is 0 Å². The first-order valence-electron chi connectivity index (χ1n) is 5.16. The molecule has 1 unspecified atom stereocenters. The third kappa shape index (κ3) is 7.09. The molecule has 1 amide bonds. The second-order valence-corrected chi connectivity index (χ2v) is 4.81. The van der Waals surface area contributed by atoms with Gasteiger partial charge in [0.05, 0.1) is 6.42 Å². The van der Waals surface area contributed by atoms with Crippen molar-refractivity contribution in [1.82, 2.24) is 5.32 Å². The van der Waals surface area contributed by atoms with Gasteiger partial charge in [-0.3, -0.25) is 4.79 Å². The highest BCUT2D eigenvalue weighted by Crippen LogP contribution is 2.22. The zero-order chi connectivity index (χ0) is 12.8. The van der Waals surface area contributed by atoms with E-state index >= 15 is 0 Å². The lowest BCUT2D eigenvalue weighted by Crippen LogP contribution is -2.46. The van der Waals surface area contributed by atoms with Gasteiger partial charge in [-0.2, -0.15) is 13.2 Å². The van der Waals surface area contributed by atoms with Crippen molar-refractivity contribution in [2.24, 2.45) is 0 Å². The van der Waals surface area contributed by atoms with Crippen molar-refractivity contribution < 1.29 is 18.0 Å². The van der Waals surface area contributed by atoms with Crippen LogP contribution in [0.25, 0.3) is 0 Å². The maximum atomic E-state index is 11.9. The molecular weight excluding hydrogens is 287 g/mol. The van der Waals surface area contributed by atoms with E-state index in [1.165, 1.54) is 0 Å². The van der Waals surface area contributed by atoms with E-state index in [9.17, 15) is 18.0 Å². The Labute approximate surface area is 102 Å². The first-order valence-corrected chi connectivity index (χ1v) is 6.28. The molecule has 1 atom stereocenters. The normalized spacial score (nSPS) is 15.6. The molecule has 96 valence electrons. The minimum Gasteiger partial charge on any atom is -0.351 e. The molecule has 0 fully saturated rings. The maximum Gasteiger partial charge on any atom is 0.389 e. The fourth-order valence-electron chi connectivity index (χ4n) is 1.19. The molecule has 0 aromatic carbocycles. The van der Waals surface area contributed by atoms with Crippen molar-refractivity contribution in [2.45, 2.75) is 51.2 Å². The van der Waals surface area contributed by atoms with Crippen LogP contribution in [0.15, 0.2) is 0 Å². The molecule has 0 spiro atoms. The zero-order valence-electron chi connectivity index (χ0n) is 9.46. The molecule has 16 heavy (non-hydrogen) atoms. The van der Waals surface area contributed by atoms with Gasteiger partial charge in [0.25, 0.3) is 0 Å². The molecule has 0 rings (SSSR count). The Kier molecular flexibility index (Phi) is 6.36. The average Bonchev–Trinajstić information content (AvgIpc) is 2.14. The number of nitrogens with one attached hydrogen (secondary N) is 1. The molecule has 0 saturated carbocycles. The third-order valence-electron chi connectivity index (χ3n) is 2.50.